The van der Waals surface area contributed by atoms with Crippen molar-refractivity contribution in [1.29, 1.82) is 0 Å². The molecule has 0 atom stereocenters. The number of carboxylic acid groups (broad SMARTS) is 1. The van der Waals surface area contributed by atoms with Gasteiger partial charge in [0, 0.05) is 0 Å². The van der Waals surface area contributed by atoms with E-state index in [9.17, 15) is 9.59 Å². The molecule has 0 amide bonds. The van der Waals surface area contributed by atoms with E-state index in [-0.39, 0.29) is 12.8 Å². The van der Waals surface area contributed by atoms with Crippen LogP contribution in [0.1, 0.15) is 26.7 Å². The van der Waals surface area contributed by atoms with Crippen LogP contribution in [0.3, 0.4) is 0 Å². The molecule has 0 aromatic rings. The Morgan fingerprint density at radius 1 is 1.31 bits per heavy atom. The minimum absolute atomic E-state index is 0.150. The summed E-state index contributed by atoms with van der Waals surface area (Å²) in [5, 5.41) is 17.2. The zero-order chi connectivity index (χ0) is 10.5. The molecular weight excluding hydrogens is 176 g/mol. The van der Waals surface area contributed by atoms with Gasteiger partial charge >= 0.3 is 11.9 Å². The minimum Gasteiger partial charge on any atom is -0.480 e. The lowest BCUT2D eigenvalue weighted by molar-refractivity contribution is -0.175. The first kappa shape index (κ1) is 11.9. The lowest BCUT2D eigenvalue weighted by atomic mass is 9.82. The molecule has 5 heteroatoms. The number of hydrogen-bond acceptors (Lipinski definition) is 4. The largest absolute Gasteiger partial charge is 0.480 e. The summed E-state index contributed by atoms with van der Waals surface area (Å²) in [5.74, 6) is -2.09. The van der Waals surface area contributed by atoms with E-state index in [1.165, 1.54) is 0 Å². The maximum absolute atomic E-state index is 11.2. The summed E-state index contributed by atoms with van der Waals surface area (Å²) in [4.78, 5) is 22.0. The Morgan fingerprint density at radius 3 is 2.00 bits per heavy atom. The maximum atomic E-state index is 11.2. The molecule has 0 radical (unpaired) electrons. The van der Waals surface area contributed by atoms with E-state index in [4.69, 9.17) is 10.2 Å². The van der Waals surface area contributed by atoms with Crippen molar-refractivity contribution < 1.29 is 24.5 Å². The third-order valence-electron chi connectivity index (χ3n) is 2.20. The maximum Gasteiger partial charge on any atom is 0.325 e. The molecule has 0 aliphatic rings. The van der Waals surface area contributed by atoms with E-state index < -0.39 is 24.1 Å². The minimum atomic E-state index is -1.51. The van der Waals surface area contributed by atoms with Gasteiger partial charge in [-0.15, -0.1) is 0 Å². The highest BCUT2D eigenvalue weighted by Crippen LogP contribution is 2.28. The molecule has 0 saturated carbocycles. The van der Waals surface area contributed by atoms with Crippen molar-refractivity contribution >= 4 is 11.9 Å². The zero-order valence-corrected chi connectivity index (χ0v) is 7.74. The van der Waals surface area contributed by atoms with E-state index in [2.05, 4.69) is 4.74 Å². The molecule has 0 spiro atoms. The summed E-state index contributed by atoms with van der Waals surface area (Å²) >= 11 is 0. The number of aliphatic hydroxyl groups excluding tert-OH is 1. The van der Waals surface area contributed by atoms with E-state index >= 15 is 0 Å². The van der Waals surface area contributed by atoms with Crippen molar-refractivity contribution in [1.82, 2.24) is 0 Å². The quantitative estimate of drug-likeness (QED) is 0.371. The molecule has 0 aliphatic heterocycles. The first-order valence-electron chi connectivity index (χ1n) is 4.06. The second kappa shape index (κ2) is 4.81. The molecule has 0 fully saturated rings. The molecule has 5 nitrogen and oxygen atoms in total. The smallest absolute Gasteiger partial charge is 0.325 e. The van der Waals surface area contributed by atoms with E-state index in [0.29, 0.717) is 0 Å². The van der Waals surface area contributed by atoms with Crippen molar-refractivity contribution in [3.05, 3.63) is 0 Å². The lowest BCUT2D eigenvalue weighted by Gasteiger charge is -2.23. The highest BCUT2D eigenvalue weighted by atomic mass is 16.6. The molecule has 0 aliphatic carbocycles. The molecule has 0 aromatic carbocycles. The van der Waals surface area contributed by atoms with Gasteiger partial charge in [0.1, 0.15) is 0 Å². The molecule has 0 rings (SSSR count). The second-order valence-electron chi connectivity index (χ2n) is 2.66. The standard InChI is InChI=1S/C8H14O5/c1-3-8(4-2,6(10)11)7(12)13-5-9/h9H,3-5H2,1-2H3,(H,10,11). The van der Waals surface area contributed by atoms with Gasteiger partial charge in [-0.25, -0.2) is 0 Å². The Bertz CT molecular complexity index is 195. The molecule has 0 saturated heterocycles. The summed E-state index contributed by atoms with van der Waals surface area (Å²) in [6.45, 7) is 2.40. The van der Waals surface area contributed by atoms with Gasteiger partial charge in [-0.2, -0.15) is 0 Å². The van der Waals surface area contributed by atoms with Gasteiger partial charge in [0.15, 0.2) is 12.2 Å². The van der Waals surface area contributed by atoms with Crippen LogP contribution in [0.2, 0.25) is 0 Å². The van der Waals surface area contributed by atoms with Crippen LogP contribution in [-0.4, -0.2) is 28.9 Å². The van der Waals surface area contributed by atoms with Crippen LogP contribution >= 0.6 is 0 Å². The second-order valence-corrected chi connectivity index (χ2v) is 2.66. The third kappa shape index (κ3) is 2.18. The van der Waals surface area contributed by atoms with Crippen LogP contribution in [0.5, 0.6) is 0 Å². The number of carboxylic acids is 1. The normalized spacial score (nSPS) is 11.0. The van der Waals surface area contributed by atoms with Gasteiger partial charge in [0.2, 0.25) is 0 Å². The number of ether oxygens (including phenoxy) is 1. The SMILES string of the molecule is CCC(CC)(C(=O)O)C(=O)OCO. The summed E-state index contributed by atoms with van der Waals surface area (Å²) < 4.78 is 4.29. The van der Waals surface area contributed by atoms with Crippen LogP contribution < -0.4 is 0 Å². The summed E-state index contributed by atoms with van der Waals surface area (Å²) in [6.07, 6.45) is 0.301. The number of esters is 1. The van der Waals surface area contributed by atoms with Crippen molar-refractivity contribution in [3.63, 3.8) is 0 Å². The average molecular weight is 190 g/mol. The van der Waals surface area contributed by atoms with Gasteiger partial charge < -0.3 is 14.9 Å². The zero-order valence-electron chi connectivity index (χ0n) is 7.74. The number of aliphatic hydroxyl groups is 1. The first-order valence-corrected chi connectivity index (χ1v) is 4.06. The van der Waals surface area contributed by atoms with E-state index in [1.54, 1.807) is 13.8 Å². The van der Waals surface area contributed by atoms with E-state index in [0.717, 1.165) is 0 Å². The Kier molecular flexibility index (Phi) is 4.40. The highest BCUT2D eigenvalue weighted by Gasteiger charge is 2.44. The van der Waals surface area contributed by atoms with Gasteiger partial charge in [-0.05, 0) is 12.8 Å². The van der Waals surface area contributed by atoms with Crippen LogP contribution in [0.15, 0.2) is 0 Å². The molecule has 76 valence electrons. The highest BCUT2D eigenvalue weighted by molar-refractivity contribution is 5.98. The Labute approximate surface area is 76.3 Å². The van der Waals surface area contributed by atoms with Gasteiger partial charge in [-0.1, -0.05) is 13.8 Å². The number of hydrogen-bond donors (Lipinski definition) is 2. The fourth-order valence-corrected chi connectivity index (χ4v) is 1.13. The Morgan fingerprint density at radius 2 is 1.77 bits per heavy atom. The van der Waals surface area contributed by atoms with Crippen LogP contribution in [0, 0.1) is 5.41 Å². The number of carbonyl (C=O) groups excluding carboxylic acids is 1. The third-order valence-corrected chi connectivity index (χ3v) is 2.20. The molecule has 0 heterocycles. The molecule has 0 bridgehead atoms. The van der Waals surface area contributed by atoms with Crippen LogP contribution in [0.4, 0.5) is 0 Å². The van der Waals surface area contributed by atoms with Crippen molar-refractivity contribution in [2.45, 2.75) is 26.7 Å². The first-order chi connectivity index (χ1) is 6.05. The number of carbonyl (C=O) groups is 2. The number of rotatable bonds is 5. The van der Waals surface area contributed by atoms with Gasteiger partial charge in [0.25, 0.3) is 0 Å². The van der Waals surface area contributed by atoms with E-state index in [1.807, 2.05) is 0 Å². The molecule has 2 N–H and O–H groups in total. The van der Waals surface area contributed by atoms with Crippen molar-refractivity contribution in [2.24, 2.45) is 5.41 Å². The molecular formula is C8H14O5. The summed E-state index contributed by atoms with van der Waals surface area (Å²) in [6, 6.07) is 0. The van der Waals surface area contributed by atoms with Crippen LogP contribution in [-0.2, 0) is 14.3 Å². The molecule has 13 heavy (non-hydrogen) atoms. The van der Waals surface area contributed by atoms with Crippen LogP contribution in [0.25, 0.3) is 0 Å². The predicted octanol–water partition coefficient (Wildman–Crippen LogP) is 0.370. The number of aliphatic carboxylic acids is 1. The topological polar surface area (TPSA) is 83.8 Å². The summed E-state index contributed by atoms with van der Waals surface area (Å²) in [7, 11) is 0. The van der Waals surface area contributed by atoms with Gasteiger partial charge in [-0.3, -0.25) is 9.59 Å². The van der Waals surface area contributed by atoms with Crippen molar-refractivity contribution in [2.75, 3.05) is 6.79 Å². The average Bonchev–Trinajstić information content (AvgIpc) is 2.07. The fourth-order valence-electron chi connectivity index (χ4n) is 1.13. The Balaban J connectivity index is 4.75. The predicted molar refractivity (Wildman–Crippen MR) is 43.8 cm³/mol. The molecule has 0 unspecified atom stereocenters. The fraction of sp³-hybridized carbons (Fsp3) is 0.750. The molecule has 0 aromatic heterocycles. The van der Waals surface area contributed by atoms with Gasteiger partial charge in [0.05, 0.1) is 0 Å². The Hall–Kier alpha value is -1.10. The lowest BCUT2D eigenvalue weighted by Crippen LogP contribution is -2.39. The van der Waals surface area contributed by atoms with Crippen molar-refractivity contribution in [3.8, 4) is 0 Å². The summed E-state index contributed by atoms with van der Waals surface area (Å²) in [5.41, 5.74) is -1.51. The monoisotopic (exact) mass is 190 g/mol.